The average Bonchev–Trinajstić information content (AvgIpc) is 2.67. The summed E-state index contributed by atoms with van der Waals surface area (Å²) in [7, 11) is 2.20. The van der Waals surface area contributed by atoms with Crippen LogP contribution in [0.25, 0.3) is 0 Å². The molecule has 1 atom stereocenters. The maximum absolute atomic E-state index is 6.00. The van der Waals surface area contributed by atoms with Gasteiger partial charge in [0.25, 0.3) is 0 Å². The Morgan fingerprint density at radius 2 is 1.85 bits per heavy atom. The molecule has 0 bridgehead atoms. The highest BCUT2D eigenvalue weighted by Gasteiger charge is 2.18. The van der Waals surface area contributed by atoms with Crippen molar-refractivity contribution in [2.45, 2.75) is 64.5 Å². The molecule has 2 aliphatic rings. The van der Waals surface area contributed by atoms with Gasteiger partial charge in [-0.3, -0.25) is 9.89 Å². The fourth-order valence-corrected chi connectivity index (χ4v) is 3.70. The Kier molecular flexibility index (Phi) is 10.3. The molecule has 6 heteroatoms. The Labute approximate surface area is 160 Å². The first kappa shape index (κ1) is 21.5. The molecule has 2 rings (SSSR count). The highest BCUT2D eigenvalue weighted by Crippen LogP contribution is 2.20. The molecule has 6 nitrogen and oxygen atoms in total. The summed E-state index contributed by atoms with van der Waals surface area (Å²) in [4.78, 5) is 9.74. The summed E-state index contributed by atoms with van der Waals surface area (Å²) in [6.07, 6.45) is 8.11. The average molecular weight is 368 g/mol. The molecule has 1 unspecified atom stereocenters. The highest BCUT2D eigenvalue weighted by atomic mass is 16.5. The summed E-state index contributed by atoms with van der Waals surface area (Å²) in [5.74, 6) is 0.936. The van der Waals surface area contributed by atoms with E-state index in [0.29, 0.717) is 12.1 Å². The van der Waals surface area contributed by atoms with Crippen molar-refractivity contribution in [3.63, 3.8) is 0 Å². The van der Waals surface area contributed by atoms with Crippen LogP contribution in [0, 0.1) is 0 Å². The van der Waals surface area contributed by atoms with Crippen LogP contribution >= 0.6 is 0 Å². The summed E-state index contributed by atoms with van der Waals surface area (Å²) < 4.78 is 6.00. The van der Waals surface area contributed by atoms with Gasteiger partial charge in [0, 0.05) is 51.9 Å². The van der Waals surface area contributed by atoms with Gasteiger partial charge in [-0.05, 0) is 40.2 Å². The second-order valence-electron chi connectivity index (χ2n) is 7.82. The molecule has 1 saturated heterocycles. The van der Waals surface area contributed by atoms with E-state index in [1.54, 1.807) is 0 Å². The largest absolute Gasteiger partial charge is 0.378 e. The molecule has 1 aliphatic carbocycles. The maximum Gasteiger partial charge on any atom is 0.191 e. The summed E-state index contributed by atoms with van der Waals surface area (Å²) in [5.41, 5.74) is 0. The molecule has 0 spiro atoms. The van der Waals surface area contributed by atoms with Crippen molar-refractivity contribution < 1.29 is 4.74 Å². The van der Waals surface area contributed by atoms with Gasteiger partial charge in [-0.25, -0.2) is 0 Å². The minimum absolute atomic E-state index is 0.494. The van der Waals surface area contributed by atoms with Crippen molar-refractivity contribution >= 4 is 5.96 Å². The van der Waals surface area contributed by atoms with Crippen molar-refractivity contribution in [1.29, 1.82) is 0 Å². The molecule has 0 aromatic heterocycles. The van der Waals surface area contributed by atoms with Crippen molar-refractivity contribution in [2.75, 3.05) is 59.5 Å². The van der Waals surface area contributed by atoms with Crippen molar-refractivity contribution in [2.24, 2.45) is 4.99 Å². The summed E-state index contributed by atoms with van der Waals surface area (Å²) >= 11 is 0. The first-order valence-electron chi connectivity index (χ1n) is 10.8. The third-order valence-corrected chi connectivity index (χ3v) is 5.54. The number of piperazine rings is 1. The van der Waals surface area contributed by atoms with E-state index in [1.807, 2.05) is 0 Å². The summed E-state index contributed by atoms with van der Waals surface area (Å²) in [6.45, 7) is 12.5. The van der Waals surface area contributed by atoms with Gasteiger partial charge in [0.1, 0.15) is 0 Å². The lowest BCUT2D eigenvalue weighted by atomic mass is 9.98. The molecule has 0 amide bonds. The van der Waals surface area contributed by atoms with Crippen LogP contribution in [-0.4, -0.2) is 87.4 Å². The molecule has 0 aromatic carbocycles. The fourth-order valence-electron chi connectivity index (χ4n) is 3.70. The highest BCUT2D eigenvalue weighted by molar-refractivity contribution is 5.79. The molecule has 152 valence electrons. The first-order valence-corrected chi connectivity index (χ1v) is 10.8. The van der Waals surface area contributed by atoms with Crippen LogP contribution in [0.1, 0.15) is 52.4 Å². The predicted molar refractivity (Wildman–Crippen MR) is 110 cm³/mol. The predicted octanol–water partition coefficient (Wildman–Crippen LogP) is 1.92. The second kappa shape index (κ2) is 12.5. The minimum atomic E-state index is 0.494. The zero-order valence-corrected chi connectivity index (χ0v) is 17.3. The number of hydrogen-bond acceptors (Lipinski definition) is 4. The van der Waals surface area contributed by atoms with Gasteiger partial charge in [-0.2, -0.15) is 0 Å². The molecular weight excluding hydrogens is 326 g/mol. The molecule has 1 saturated carbocycles. The van der Waals surface area contributed by atoms with Crippen LogP contribution in [0.2, 0.25) is 0 Å². The van der Waals surface area contributed by atoms with Crippen molar-refractivity contribution in [1.82, 2.24) is 20.4 Å². The van der Waals surface area contributed by atoms with Gasteiger partial charge in [0.05, 0.1) is 12.6 Å². The van der Waals surface area contributed by atoms with Crippen LogP contribution in [0.5, 0.6) is 0 Å². The van der Waals surface area contributed by atoms with E-state index in [4.69, 9.17) is 9.73 Å². The Bertz CT molecular complexity index is 390. The standard InChI is InChI=1S/C20H41N5O/c1-4-21-20(22-11-8-16-26-19-9-6-5-7-10-19)23-17-18(2)25-14-12-24(3)13-15-25/h18-19H,4-17H2,1-3H3,(H2,21,22,23). The molecule has 26 heavy (non-hydrogen) atoms. The first-order chi connectivity index (χ1) is 12.7. The lowest BCUT2D eigenvalue weighted by Crippen LogP contribution is -2.49. The minimum Gasteiger partial charge on any atom is -0.378 e. The van der Waals surface area contributed by atoms with Gasteiger partial charge >= 0.3 is 0 Å². The Morgan fingerprint density at radius 1 is 1.12 bits per heavy atom. The number of rotatable bonds is 9. The van der Waals surface area contributed by atoms with E-state index in [1.165, 1.54) is 32.1 Å². The van der Waals surface area contributed by atoms with Crippen LogP contribution in [0.3, 0.4) is 0 Å². The number of aliphatic imine (C=N–C) groups is 1. The van der Waals surface area contributed by atoms with E-state index in [-0.39, 0.29) is 0 Å². The van der Waals surface area contributed by atoms with Gasteiger partial charge < -0.3 is 20.3 Å². The maximum atomic E-state index is 6.00. The third kappa shape index (κ3) is 8.23. The van der Waals surface area contributed by atoms with Gasteiger partial charge in [-0.15, -0.1) is 0 Å². The van der Waals surface area contributed by atoms with E-state index in [9.17, 15) is 0 Å². The number of nitrogens with zero attached hydrogens (tertiary/aromatic N) is 3. The van der Waals surface area contributed by atoms with E-state index < -0.39 is 0 Å². The molecule has 0 radical (unpaired) electrons. The van der Waals surface area contributed by atoms with Crippen LogP contribution in [-0.2, 0) is 4.74 Å². The van der Waals surface area contributed by atoms with Crippen molar-refractivity contribution in [3.8, 4) is 0 Å². The Hall–Kier alpha value is -0.850. The van der Waals surface area contributed by atoms with Gasteiger partial charge in [0.2, 0.25) is 0 Å². The van der Waals surface area contributed by atoms with Crippen LogP contribution in [0.4, 0.5) is 0 Å². The lowest BCUT2D eigenvalue weighted by molar-refractivity contribution is 0.0277. The fraction of sp³-hybridized carbons (Fsp3) is 0.950. The molecular formula is C20H41N5O. The normalized spacial score (nSPS) is 22.3. The monoisotopic (exact) mass is 367 g/mol. The SMILES string of the molecule is CCNC(=NCC(C)N1CCN(C)CC1)NCCCOC1CCCCC1. The number of ether oxygens (including phenoxy) is 1. The Balaban J connectivity index is 1.62. The van der Waals surface area contributed by atoms with Crippen LogP contribution < -0.4 is 10.6 Å². The van der Waals surface area contributed by atoms with Gasteiger partial charge in [-0.1, -0.05) is 19.3 Å². The molecule has 0 aromatic rings. The van der Waals surface area contributed by atoms with E-state index >= 15 is 0 Å². The number of nitrogens with one attached hydrogen (secondary N) is 2. The lowest BCUT2D eigenvalue weighted by Gasteiger charge is -2.35. The van der Waals surface area contributed by atoms with E-state index in [0.717, 1.165) is 64.8 Å². The number of hydrogen-bond donors (Lipinski definition) is 2. The molecule has 1 aliphatic heterocycles. The summed E-state index contributed by atoms with van der Waals surface area (Å²) in [5, 5.41) is 6.82. The zero-order chi connectivity index (χ0) is 18.6. The second-order valence-corrected chi connectivity index (χ2v) is 7.82. The summed E-state index contributed by atoms with van der Waals surface area (Å²) in [6, 6.07) is 0.494. The van der Waals surface area contributed by atoms with Crippen LogP contribution in [0.15, 0.2) is 4.99 Å². The zero-order valence-electron chi connectivity index (χ0n) is 17.3. The third-order valence-electron chi connectivity index (χ3n) is 5.54. The van der Waals surface area contributed by atoms with Gasteiger partial charge in [0.15, 0.2) is 5.96 Å². The molecule has 1 heterocycles. The Morgan fingerprint density at radius 3 is 2.54 bits per heavy atom. The molecule has 2 N–H and O–H groups in total. The number of likely N-dealkylation sites (N-methyl/N-ethyl adjacent to an activating group) is 1. The van der Waals surface area contributed by atoms with E-state index in [2.05, 4.69) is 41.3 Å². The quantitative estimate of drug-likeness (QED) is 0.370. The smallest absolute Gasteiger partial charge is 0.191 e. The van der Waals surface area contributed by atoms with Crippen molar-refractivity contribution in [3.05, 3.63) is 0 Å². The topological polar surface area (TPSA) is 52.1 Å². The molecule has 2 fully saturated rings. The number of guanidine groups is 1.